The Morgan fingerprint density at radius 3 is 1.77 bits per heavy atom. The molecule has 0 bridgehead atoms. The molecule has 1 rings (SSSR count). The van der Waals surface area contributed by atoms with Crippen LogP contribution in [0.3, 0.4) is 0 Å². The minimum atomic E-state index is 0.000000000000000222. The maximum absolute atomic E-state index is 5.34. The molecule has 0 aliphatic rings. The van der Waals surface area contributed by atoms with Crippen molar-refractivity contribution in [3.8, 4) is 0 Å². The molecule has 0 saturated carbocycles. The molecule has 0 spiro atoms. The van der Waals surface area contributed by atoms with Crippen molar-refractivity contribution in [2.24, 2.45) is 11.5 Å². The van der Waals surface area contributed by atoms with Gasteiger partial charge in [0.2, 0.25) is 5.95 Å². The summed E-state index contributed by atoms with van der Waals surface area (Å²) >= 11 is 4.09. The summed E-state index contributed by atoms with van der Waals surface area (Å²) in [6.07, 6.45) is 0. The molecule has 1 aromatic heterocycles. The Balaban J connectivity index is 0.000000310. The summed E-state index contributed by atoms with van der Waals surface area (Å²) in [5.41, 5.74) is 16.4. The first kappa shape index (κ1) is 11.6. The van der Waals surface area contributed by atoms with Crippen LogP contribution in [0.2, 0.25) is 0 Å². The molecular weight excluding hydrogens is 186 g/mol. The van der Waals surface area contributed by atoms with E-state index in [0.29, 0.717) is 5.95 Å². The van der Waals surface area contributed by atoms with E-state index in [-0.39, 0.29) is 5.11 Å². The summed E-state index contributed by atoms with van der Waals surface area (Å²) in [4.78, 5) is 7.80. The molecule has 6 heteroatoms. The molecule has 1 heterocycles. The zero-order valence-electron chi connectivity index (χ0n) is 7.61. The number of aryl methyl sites for hydroxylation is 2. The third-order valence-corrected chi connectivity index (χ3v) is 1.000. The number of nitrogen functional groups attached to an aromatic ring is 1. The van der Waals surface area contributed by atoms with Gasteiger partial charge in [-0.1, -0.05) is 0 Å². The standard InChI is InChI=1S/C6H9N3.CH4N2S/c1-4-3-5(2)9-6(7)8-4;2-1(3)4/h3H,1-2H3,(H2,7,8,9);(H4,2,3,4). The van der Waals surface area contributed by atoms with Crippen LogP contribution in [0.1, 0.15) is 11.4 Å². The summed E-state index contributed by atoms with van der Waals surface area (Å²) in [6, 6.07) is 1.89. The first-order chi connectivity index (χ1) is 5.91. The molecule has 13 heavy (non-hydrogen) atoms. The van der Waals surface area contributed by atoms with Crippen molar-refractivity contribution in [1.82, 2.24) is 9.97 Å². The molecule has 5 nitrogen and oxygen atoms in total. The number of nitrogens with two attached hydrogens (primary N) is 3. The molecule has 0 saturated heterocycles. The third kappa shape index (κ3) is 6.95. The fraction of sp³-hybridized carbons (Fsp3) is 0.286. The summed E-state index contributed by atoms with van der Waals surface area (Å²) in [7, 11) is 0. The van der Waals surface area contributed by atoms with Gasteiger partial charge in [-0.05, 0) is 32.1 Å². The minimum absolute atomic E-state index is 0.000000000000000222. The summed E-state index contributed by atoms with van der Waals surface area (Å²) in [5.74, 6) is 0.354. The molecule has 0 fully saturated rings. The molecule has 0 atom stereocenters. The fourth-order valence-electron chi connectivity index (χ4n) is 0.753. The van der Waals surface area contributed by atoms with Gasteiger partial charge in [-0.3, -0.25) is 0 Å². The molecule has 6 N–H and O–H groups in total. The molecule has 0 aromatic carbocycles. The van der Waals surface area contributed by atoms with Crippen LogP contribution >= 0.6 is 12.2 Å². The first-order valence-electron chi connectivity index (χ1n) is 3.54. The molecule has 0 radical (unpaired) electrons. The SMILES string of the molecule is Cc1cc(C)nc(N)n1.NC(N)=S. The van der Waals surface area contributed by atoms with Gasteiger partial charge in [0.25, 0.3) is 0 Å². The van der Waals surface area contributed by atoms with E-state index in [1.165, 1.54) is 0 Å². The quantitative estimate of drug-likeness (QED) is 0.503. The number of anilines is 1. The normalized spacial score (nSPS) is 8.46. The van der Waals surface area contributed by atoms with Crippen molar-refractivity contribution in [3.05, 3.63) is 17.5 Å². The van der Waals surface area contributed by atoms with E-state index in [4.69, 9.17) is 5.73 Å². The predicted molar refractivity (Wildman–Crippen MR) is 56.9 cm³/mol. The second-order valence-electron chi connectivity index (χ2n) is 2.41. The topological polar surface area (TPSA) is 104 Å². The van der Waals surface area contributed by atoms with Gasteiger partial charge in [-0.2, -0.15) is 0 Å². The van der Waals surface area contributed by atoms with Crippen molar-refractivity contribution in [2.75, 3.05) is 5.73 Å². The van der Waals surface area contributed by atoms with Crippen LogP contribution in [0.4, 0.5) is 5.95 Å². The Morgan fingerprint density at radius 1 is 1.23 bits per heavy atom. The second kappa shape index (κ2) is 5.26. The lowest BCUT2D eigenvalue weighted by molar-refractivity contribution is 1.07. The molecule has 0 aliphatic heterocycles. The summed E-state index contributed by atoms with van der Waals surface area (Å²) in [5, 5.41) is 0.000000000000000222. The van der Waals surface area contributed by atoms with Gasteiger partial charge in [0.05, 0.1) is 0 Å². The van der Waals surface area contributed by atoms with E-state index in [0.717, 1.165) is 11.4 Å². The highest BCUT2D eigenvalue weighted by Crippen LogP contribution is 1.98. The number of hydrogen-bond donors (Lipinski definition) is 3. The second-order valence-corrected chi connectivity index (χ2v) is 2.88. The Labute approximate surface area is 82.3 Å². The van der Waals surface area contributed by atoms with Gasteiger partial charge in [0.1, 0.15) is 0 Å². The maximum Gasteiger partial charge on any atom is 0.220 e. The highest BCUT2D eigenvalue weighted by atomic mass is 32.1. The smallest absolute Gasteiger partial charge is 0.220 e. The summed E-state index contributed by atoms with van der Waals surface area (Å²) in [6.45, 7) is 3.79. The van der Waals surface area contributed by atoms with Crippen molar-refractivity contribution < 1.29 is 0 Å². The molecule has 0 aliphatic carbocycles. The highest BCUT2D eigenvalue weighted by Gasteiger charge is 1.90. The zero-order valence-corrected chi connectivity index (χ0v) is 8.43. The van der Waals surface area contributed by atoms with Gasteiger partial charge in [0, 0.05) is 11.4 Å². The number of hydrogen-bond acceptors (Lipinski definition) is 4. The van der Waals surface area contributed by atoms with Crippen LogP contribution in [0.15, 0.2) is 6.07 Å². The lowest BCUT2D eigenvalue weighted by Gasteiger charge is -1.94. The van der Waals surface area contributed by atoms with Crippen LogP contribution < -0.4 is 17.2 Å². The van der Waals surface area contributed by atoms with Crippen LogP contribution in [-0.2, 0) is 0 Å². The zero-order chi connectivity index (χ0) is 10.4. The lowest BCUT2D eigenvalue weighted by atomic mass is 10.4. The number of thiocarbonyl (C=S) groups is 1. The van der Waals surface area contributed by atoms with Gasteiger partial charge >= 0.3 is 0 Å². The van der Waals surface area contributed by atoms with Crippen LogP contribution in [0.5, 0.6) is 0 Å². The predicted octanol–water partition coefficient (Wildman–Crippen LogP) is -0.136. The number of nitrogens with zero attached hydrogens (tertiary/aromatic N) is 2. The molecule has 0 unspecified atom stereocenters. The first-order valence-corrected chi connectivity index (χ1v) is 3.95. The van der Waals surface area contributed by atoms with Gasteiger partial charge in [-0.25, -0.2) is 9.97 Å². The third-order valence-electron chi connectivity index (χ3n) is 1.000. The molecule has 0 amide bonds. The van der Waals surface area contributed by atoms with Crippen LogP contribution in [-0.4, -0.2) is 15.1 Å². The minimum Gasteiger partial charge on any atom is -0.377 e. The van der Waals surface area contributed by atoms with Gasteiger partial charge in [0.15, 0.2) is 5.11 Å². The largest absolute Gasteiger partial charge is 0.377 e. The van der Waals surface area contributed by atoms with E-state index in [2.05, 4.69) is 33.7 Å². The van der Waals surface area contributed by atoms with Crippen molar-refractivity contribution in [3.63, 3.8) is 0 Å². The Bertz CT molecular complexity index is 244. The van der Waals surface area contributed by atoms with E-state index in [1.807, 2.05) is 19.9 Å². The van der Waals surface area contributed by atoms with Crippen molar-refractivity contribution in [1.29, 1.82) is 0 Å². The van der Waals surface area contributed by atoms with Crippen LogP contribution in [0.25, 0.3) is 0 Å². The van der Waals surface area contributed by atoms with Crippen LogP contribution in [0, 0.1) is 13.8 Å². The number of aromatic nitrogens is 2. The molecule has 72 valence electrons. The molecular formula is C7H13N5S. The summed E-state index contributed by atoms with van der Waals surface area (Å²) < 4.78 is 0. The van der Waals surface area contributed by atoms with E-state index in [9.17, 15) is 0 Å². The lowest BCUT2D eigenvalue weighted by Crippen LogP contribution is -2.18. The van der Waals surface area contributed by atoms with E-state index >= 15 is 0 Å². The van der Waals surface area contributed by atoms with Gasteiger partial charge < -0.3 is 17.2 Å². The monoisotopic (exact) mass is 199 g/mol. The van der Waals surface area contributed by atoms with Crippen molar-refractivity contribution in [2.45, 2.75) is 13.8 Å². The Morgan fingerprint density at radius 2 is 1.54 bits per heavy atom. The maximum atomic E-state index is 5.34. The van der Waals surface area contributed by atoms with Gasteiger partial charge in [-0.15, -0.1) is 0 Å². The Hall–Kier alpha value is -1.43. The number of rotatable bonds is 0. The van der Waals surface area contributed by atoms with E-state index in [1.54, 1.807) is 0 Å². The molecule has 1 aromatic rings. The van der Waals surface area contributed by atoms with Crippen molar-refractivity contribution >= 4 is 23.3 Å². The Kier molecular flexibility index (Phi) is 4.68. The highest BCUT2D eigenvalue weighted by molar-refractivity contribution is 7.80. The van der Waals surface area contributed by atoms with E-state index < -0.39 is 0 Å². The average Bonchev–Trinajstić information content (AvgIpc) is 1.80. The fourth-order valence-corrected chi connectivity index (χ4v) is 0.753. The average molecular weight is 199 g/mol.